The summed E-state index contributed by atoms with van der Waals surface area (Å²) >= 11 is 12.7. The van der Waals surface area contributed by atoms with Crippen molar-refractivity contribution in [3.05, 3.63) is 86.9 Å². The van der Waals surface area contributed by atoms with Crippen LogP contribution in [0.15, 0.2) is 54.1 Å². The Morgan fingerprint density at radius 1 is 0.947 bits per heavy atom. The fourth-order valence-corrected chi connectivity index (χ4v) is 4.98. The van der Waals surface area contributed by atoms with Crippen LogP contribution in [-0.4, -0.2) is 45.1 Å². The van der Waals surface area contributed by atoms with Gasteiger partial charge in [-0.1, -0.05) is 35.3 Å². The molecule has 0 bridgehead atoms. The summed E-state index contributed by atoms with van der Waals surface area (Å²) in [6, 6.07) is 9.75. The molecule has 0 spiro atoms. The zero-order chi connectivity index (χ0) is 27.9. The van der Waals surface area contributed by atoms with Crippen LogP contribution >= 0.6 is 23.2 Å². The van der Waals surface area contributed by atoms with Crippen LogP contribution in [0.5, 0.6) is 11.5 Å². The maximum Gasteiger partial charge on any atom is 0.300 e. The van der Waals surface area contributed by atoms with Gasteiger partial charge in [0, 0.05) is 31.5 Å². The number of carbonyl (C=O) groups excluding carboxylic acids is 2. The highest BCUT2D eigenvalue weighted by Gasteiger charge is 2.47. The van der Waals surface area contributed by atoms with Crippen molar-refractivity contribution < 1.29 is 33.0 Å². The summed E-state index contributed by atoms with van der Waals surface area (Å²) in [7, 11) is 6.32. The maximum atomic E-state index is 14.2. The average molecular weight is 563 g/mol. The molecule has 3 aromatic carbocycles. The van der Waals surface area contributed by atoms with E-state index < -0.39 is 35.1 Å². The minimum atomic E-state index is -1.21. The van der Waals surface area contributed by atoms with Gasteiger partial charge in [-0.25, -0.2) is 8.78 Å². The molecule has 0 aliphatic carbocycles. The molecule has 3 aromatic rings. The molecule has 1 aliphatic heterocycles. The number of carbonyl (C=O) groups is 2. The van der Waals surface area contributed by atoms with Crippen molar-refractivity contribution in [2.45, 2.75) is 6.04 Å². The molecule has 0 radical (unpaired) electrons. The maximum absolute atomic E-state index is 14.2. The molecule has 1 saturated heterocycles. The number of Topliss-reactive ketones (excluding diaryl/α,β-unsaturated/α-hetero) is 1. The first-order valence-corrected chi connectivity index (χ1v) is 11.9. The third kappa shape index (κ3) is 4.52. The molecule has 1 aliphatic rings. The highest BCUT2D eigenvalue weighted by molar-refractivity contribution is 6.52. The molecule has 1 N–H and O–H groups in total. The van der Waals surface area contributed by atoms with Crippen LogP contribution < -0.4 is 19.3 Å². The summed E-state index contributed by atoms with van der Waals surface area (Å²) in [5, 5.41) is 11.4. The number of halogens is 4. The third-order valence-corrected chi connectivity index (χ3v) is 6.77. The largest absolute Gasteiger partial charge is 0.507 e. The van der Waals surface area contributed by atoms with Crippen LogP contribution in [0.4, 0.5) is 20.2 Å². The number of nitrogens with zero attached hydrogens (tertiary/aromatic N) is 2. The Hall–Kier alpha value is -3.82. The average Bonchev–Trinajstić information content (AvgIpc) is 3.15. The molecule has 1 heterocycles. The standard InChI is InChI=1S/C27H22Cl2F2N2O5/c1-32(2)14-7-5-13(6-8-14)22-20(23(34)16-12-17(28)26(38-4)21(29)25(16)37-3)24(35)27(36)33(22)15-9-10-18(30)19(31)11-15/h5-12,22,34H,1-4H3/b23-20+. The topological polar surface area (TPSA) is 79.3 Å². The minimum absolute atomic E-state index is 0.0153. The lowest BCUT2D eigenvalue weighted by Crippen LogP contribution is -2.29. The summed E-state index contributed by atoms with van der Waals surface area (Å²) < 4.78 is 38.4. The van der Waals surface area contributed by atoms with Crippen molar-refractivity contribution in [1.82, 2.24) is 0 Å². The molecule has 198 valence electrons. The monoisotopic (exact) mass is 562 g/mol. The molecule has 1 unspecified atom stereocenters. The van der Waals surface area contributed by atoms with Crippen LogP contribution in [0.1, 0.15) is 17.2 Å². The van der Waals surface area contributed by atoms with Gasteiger partial charge in [-0.15, -0.1) is 0 Å². The summed E-state index contributed by atoms with van der Waals surface area (Å²) in [4.78, 5) is 29.5. The van der Waals surface area contributed by atoms with Crippen molar-refractivity contribution in [1.29, 1.82) is 0 Å². The SMILES string of the molecule is COc1c(Cl)cc(/C(O)=C2\C(=O)C(=O)N(c3ccc(F)c(F)c3)C2c2ccc(N(C)C)cc2)c(OC)c1Cl. The first-order chi connectivity index (χ1) is 18.0. The number of ether oxygens (including phenoxy) is 2. The number of methoxy groups -OCH3 is 2. The number of hydrogen-bond donors (Lipinski definition) is 1. The van der Waals surface area contributed by atoms with E-state index in [2.05, 4.69) is 0 Å². The van der Waals surface area contributed by atoms with E-state index in [4.69, 9.17) is 32.7 Å². The first kappa shape index (κ1) is 27.2. The summed E-state index contributed by atoms with van der Waals surface area (Å²) in [6.07, 6.45) is 0. The van der Waals surface area contributed by atoms with Crippen molar-refractivity contribution in [2.75, 3.05) is 38.1 Å². The number of rotatable bonds is 6. The number of benzene rings is 3. The number of ketones is 1. The zero-order valence-electron chi connectivity index (χ0n) is 20.7. The predicted molar refractivity (Wildman–Crippen MR) is 141 cm³/mol. The number of anilines is 2. The Kier molecular flexibility index (Phi) is 7.53. The molecule has 11 heteroatoms. The molecular weight excluding hydrogens is 541 g/mol. The zero-order valence-corrected chi connectivity index (χ0v) is 22.2. The lowest BCUT2D eigenvalue weighted by atomic mass is 9.94. The van der Waals surface area contributed by atoms with Crippen LogP contribution in [0.25, 0.3) is 5.76 Å². The molecule has 0 saturated carbocycles. The van der Waals surface area contributed by atoms with E-state index in [1.165, 1.54) is 26.4 Å². The van der Waals surface area contributed by atoms with Crippen LogP contribution in [-0.2, 0) is 9.59 Å². The van der Waals surface area contributed by atoms with Crippen molar-refractivity contribution in [3.63, 3.8) is 0 Å². The van der Waals surface area contributed by atoms with Gasteiger partial charge in [0.15, 0.2) is 23.1 Å². The molecule has 4 rings (SSSR count). The summed E-state index contributed by atoms with van der Waals surface area (Å²) in [5.41, 5.74) is 0.776. The molecule has 7 nitrogen and oxygen atoms in total. The van der Waals surface area contributed by atoms with Gasteiger partial charge < -0.3 is 19.5 Å². The molecule has 1 fully saturated rings. The Balaban J connectivity index is 2.01. The van der Waals surface area contributed by atoms with Gasteiger partial charge in [0.05, 0.1) is 36.4 Å². The Labute approximate surface area is 227 Å². The second-order valence-corrected chi connectivity index (χ2v) is 9.33. The quantitative estimate of drug-likeness (QED) is 0.226. The van der Waals surface area contributed by atoms with Crippen molar-refractivity contribution in [3.8, 4) is 11.5 Å². The van der Waals surface area contributed by atoms with Gasteiger partial charge in [0.25, 0.3) is 11.7 Å². The van der Waals surface area contributed by atoms with E-state index in [0.717, 1.165) is 22.7 Å². The molecule has 0 aromatic heterocycles. The van der Waals surface area contributed by atoms with E-state index in [-0.39, 0.29) is 38.4 Å². The van der Waals surface area contributed by atoms with E-state index in [1.807, 2.05) is 19.0 Å². The van der Waals surface area contributed by atoms with E-state index in [9.17, 15) is 23.5 Å². The number of hydrogen-bond acceptors (Lipinski definition) is 6. The third-order valence-electron chi connectivity index (χ3n) is 6.15. The highest BCUT2D eigenvalue weighted by Crippen LogP contribution is 2.48. The predicted octanol–water partition coefficient (Wildman–Crippen LogP) is 5.98. The van der Waals surface area contributed by atoms with Crippen molar-refractivity contribution in [2.24, 2.45) is 0 Å². The normalized spacial score (nSPS) is 16.6. The second kappa shape index (κ2) is 10.5. The second-order valence-electron chi connectivity index (χ2n) is 8.54. The Morgan fingerprint density at radius 3 is 2.13 bits per heavy atom. The lowest BCUT2D eigenvalue weighted by molar-refractivity contribution is -0.132. The van der Waals surface area contributed by atoms with Gasteiger partial charge >= 0.3 is 0 Å². The number of amides is 1. The summed E-state index contributed by atoms with van der Waals surface area (Å²) in [6.45, 7) is 0. The summed E-state index contributed by atoms with van der Waals surface area (Å²) in [5.74, 6) is -5.03. The van der Waals surface area contributed by atoms with Crippen molar-refractivity contribution >= 4 is 52.0 Å². The number of aliphatic hydroxyl groups is 1. The molecule has 38 heavy (non-hydrogen) atoms. The van der Waals surface area contributed by atoms with Crippen LogP contribution in [0.2, 0.25) is 10.0 Å². The van der Waals surface area contributed by atoms with Crippen LogP contribution in [0.3, 0.4) is 0 Å². The molecule has 1 amide bonds. The van der Waals surface area contributed by atoms with Gasteiger partial charge in [-0.05, 0) is 35.9 Å². The lowest BCUT2D eigenvalue weighted by Gasteiger charge is -2.26. The van der Waals surface area contributed by atoms with Gasteiger partial charge in [0.2, 0.25) is 0 Å². The van der Waals surface area contributed by atoms with E-state index in [1.54, 1.807) is 24.3 Å². The smallest absolute Gasteiger partial charge is 0.300 e. The van der Waals surface area contributed by atoms with Gasteiger partial charge in [-0.3, -0.25) is 14.5 Å². The number of aliphatic hydroxyl groups excluding tert-OH is 1. The fraction of sp³-hybridized carbons (Fsp3) is 0.185. The molecular formula is C27H22Cl2F2N2O5. The molecule has 1 atom stereocenters. The fourth-order valence-electron chi connectivity index (χ4n) is 4.30. The Bertz CT molecular complexity index is 1480. The first-order valence-electron chi connectivity index (χ1n) is 11.2. The van der Waals surface area contributed by atoms with Gasteiger partial charge in [0.1, 0.15) is 10.8 Å². The Morgan fingerprint density at radius 2 is 1.58 bits per heavy atom. The minimum Gasteiger partial charge on any atom is -0.507 e. The van der Waals surface area contributed by atoms with Crippen LogP contribution in [0, 0.1) is 11.6 Å². The van der Waals surface area contributed by atoms with E-state index in [0.29, 0.717) is 5.56 Å². The van der Waals surface area contributed by atoms with E-state index >= 15 is 0 Å². The highest BCUT2D eigenvalue weighted by atomic mass is 35.5. The van der Waals surface area contributed by atoms with Gasteiger partial charge in [-0.2, -0.15) is 0 Å².